The Bertz CT molecular complexity index is 493. The van der Waals surface area contributed by atoms with E-state index in [0.717, 1.165) is 18.2 Å². The Morgan fingerprint density at radius 3 is 2.61 bits per heavy atom. The predicted molar refractivity (Wildman–Crippen MR) is 74.7 cm³/mol. The Balaban J connectivity index is 1.90. The highest BCUT2D eigenvalue weighted by Crippen LogP contribution is 2.16. The van der Waals surface area contributed by atoms with E-state index in [-0.39, 0.29) is 6.04 Å². The maximum atomic E-state index is 5.49. The number of rotatable bonds is 5. The molecule has 0 aliphatic rings. The van der Waals surface area contributed by atoms with Crippen molar-refractivity contribution in [1.82, 2.24) is 10.3 Å². The van der Waals surface area contributed by atoms with Gasteiger partial charge in [0.2, 0.25) is 5.89 Å². The highest BCUT2D eigenvalue weighted by Gasteiger charge is 2.10. The van der Waals surface area contributed by atoms with Crippen molar-refractivity contribution >= 4 is 11.8 Å². The Labute approximate surface area is 112 Å². The first-order valence-corrected chi connectivity index (χ1v) is 7.20. The number of nitrogens with zero attached hydrogens (tertiary/aromatic N) is 1. The van der Waals surface area contributed by atoms with Crippen LogP contribution in [0.2, 0.25) is 0 Å². The lowest BCUT2D eigenvalue weighted by atomic mass is 10.2. The van der Waals surface area contributed by atoms with Crippen LogP contribution in [-0.2, 0) is 6.54 Å². The van der Waals surface area contributed by atoms with Crippen molar-refractivity contribution in [3.63, 3.8) is 0 Å². The topological polar surface area (TPSA) is 38.1 Å². The van der Waals surface area contributed by atoms with Crippen LogP contribution in [0, 0.1) is 6.92 Å². The standard InChI is InChI=1S/C14H18N2OS/c1-10-8-16-14(17-10)11(2)15-9-12-4-6-13(18-3)7-5-12/h4-8,11,15H,9H2,1-3H3. The molecule has 0 saturated carbocycles. The molecule has 1 unspecified atom stereocenters. The predicted octanol–water partition coefficient (Wildman–Crippen LogP) is 3.56. The van der Waals surface area contributed by atoms with E-state index >= 15 is 0 Å². The molecule has 0 aliphatic carbocycles. The van der Waals surface area contributed by atoms with Gasteiger partial charge in [-0.05, 0) is 37.8 Å². The number of nitrogens with one attached hydrogen (secondary N) is 1. The summed E-state index contributed by atoms with van der Waals surface area (Å²) in [6.45, 7) is 4.78. The first kappa shape index (κ1) is 13.2. The molecule has 1 aromatic carbocycles. The third kappa shape index (κ3) is 3.37. The molecule has 0 bridgehead atoms. The first-order chi connectivity index (χ1) is 8.69. The molecule has 4 heteroatoms. The quantitative estimate of drug-likeness (QED) is 0.836. The Morgan fingerprint density at radius 1 is 1.33 bits per heavy atom. The molecule has 0 aliphatic heterocycles. The molecule has 0 spiro atoms. The number of benzene rings is 1. The third-order valence-electron chi connectivity index (χ3n) is 2.78. The molecule has 0 fully saturated rings. The smallest absolute Gasteiger partial charge is 0.211 e. The molecule has 0 amide bonds. The molecule has 0 saturated heterocycles. The fourth-order valence-corrected chi connectivity index (χ4v) is 2.08. The number of thioether (sulfide) groups is 1. The van der Waals surface area contributed by atoms with E-state index < -0.39 is 0 Å². The Kier molecular flexibility index (Phi) is 4.44. The van der Waals surface area contributed by atoms with Gasteiger partial charge >= 0.3 is 0 Å². The summed E-state index contributed by atoms with van der Waals surface area (Å²) in [4.78, 5) is 5.51. The van der Waals surface area contributed by atoms with Gasteiger partial charge in [-0.2, -0.15) is 0 Å². The third-order valence-corrected chi connectivity index (χ3v) is 3.52. The van der Waals surface area contributed by atoms with Crippen LogP contribution in [0.1, 0.15) is 30.2 Å². The molecule has 18 heavy (non-hydrogen) atoms. The average molecular weight is 262 g/mol. The fourth-order valence-electron chi connectivity index (χ4n) is 1.67. The minimum absolute atomic E-state index is 0.124. The zero-order valence-corrected chi connectivity index (χ0v) is 11.8. The zero-order chi connectivity index (χ0) is 13.0. The fraction of sp³-hybridized carbons (Fsp3) is 0.357. The van der Waals surface area contributed by atoms with E-state index in [1.165, 1.54) is 10.5 Å². The number of aromatic nitrogens is 1. The van der Waals surface area contributed by atoms with Gasteiger partial charge in [0.1, 0.15) is 5.76 Å². The van der Waals surface area contributed by atoms with Crippen LogP contribution >= 0.6 is 11.8 Å². The Hall–Kier alpha value is -1.26. The van der Waals surface area contributed by atoms with Crippen LogP contribution in [-0.4, -0.2) is 11.2 Å². The monoisotopic (exact) mass is 262 g/mol. The zero-order valence-electron chi connectivity index (χ0n) is 10.9. The van der Waals surface area contributed by atoms with Crippen LogP contribution in [0.3, 0.4) is 0 Å². The SMILES string of the molecule is CSc1ccc(CNC(C)c2ncc(C)o2)cc1. The van der Waals surface area contributed by atoms with Gasteiger partial charge < -0.3 is 9.73 Å². The summed E-state index contributed by atoms with van der Waals surface area (Å²) < 4.78 is 5.49. The molecule has 0 radical (unpaired) electrons. The molecule has 2 rings (SSSR count). The van der Waals surface area contributed by atoms with Crippen LogP contribution in [0.4, 0.5) is 0 Å². The molecule has 1 N–H and O–H groups in total. The minimum atomic E-state index is 0.124. The van der Waals surface area contributed by atoms with Crippen molar-refractivity contribution in [1.29, 1.82) is 0 Å². The van der Waals surface area contributed by atoms with Gasteiger partial charge in [-0.15, -0.1) is 11.8 Å². The van der Waals surface area contributed by atoms with Gasteiger partial charge in [-0.1, -0.05) is 12.1 Å². The van der Waals surface area contributed by atoms with Crippen molar-refractivity contribution in [2.75, 3.05) is 6.26 Å². The largest absolute Gasteiger partial charge is 0.444 e. The summed E-state index contributed by atoms with van der Waals surface area (Å²) in [5, 5.41) is 3.40. The van der Waals surface area contributed by atoms with Crippen LogP contribution in [0.15, 0.2) is 39.8 Å². The van der Waals surface area contributed by atoms with Crippen LogP contribution in [0.5, 0.6) is 0 Å². The van der Waals surface area contributed by atoms with Crippen LogP contribution < -0.4 is 5.32 Å². The molecule has 2 aromatic rings. The van der Waals surface area contributed by atoms with Gasteiger partial charge in [0.05, 0.1) is 12.2 Å². The maximum absolute atomic E-state index is 5.49. The molecule has 3 nitrogen and oxygen atoms in total. The molecule has 1 atom stereocenters. The van der Waals surface area contributed by atoms with Crippen molar-refractivity contribution in [2.24, 2.45) is 0 Å². The summed E-state index contributed by atoms with van der Waals surface area (Å²) in [6.07, 6.45) is 3.83. The maximum Gasteiger partial charge on any atom is 0.211 e. The first-order valence-electron chi connectivity index (χ1n) is 5.97. The van der Waals surface area contributed by atoms with E-state index in [9.17, 15) is 0 Å². The molecule has 96 valence electrons. The minimum Gasteiger partial charge on any atom is -0.444 e. The summed E-state index contributed by atoms with van der Waals surface area (Å²) in [5.41, 5.74) is 1.27. The number of hydrogen-bond acceptors (Lipinski definition) is 4. The number of oxazole rings is 1. The lowest BCUT2D eigenvalue weighted by Crippen LogP contribution is -2.18. The Morgan fingerprint density at radius 2 is 2.06 bits per heavy atom. The molecular formula is C14H18N2OS. The average Bonchev–Trinajstić information content (AvgIpc) is 2.83. The normalized spacial score (nSPS) is 12.6. The number of aryl methyl sites for hydroxylation is 1. The van der Waals surface area contributed by atoms with Gasteiger partial charge in [0.25, 0.3) is 0 Å². The summed E-state index contributed by atoms with van der Waals surface area (Å²) >= 11 is 1.76. The lowest BCUT2D eigenvalue weighted by molar-refractivity contribution is 0.402. The van der Waals surface area contributed by atoms with Gasteiger partial charge in [-0.25, -0.2) is 4.98 Å². The lowest BCUT2D eigenvalue weighted by Gasteiger charge is -2.10. The van der Waals surface area contributed by atoms with Crippen molar-refractivity contribution in [3.8, 4) is 0 Å². The second-order valence-electron chi connectivity index (χ2n) is 4.26. The van der Waals surface area contributed by atoms with Gasteiger partial charge in [0, 0.05) is 11.4 Å². The molecule has 1 aromatic heterocycles. The second kappa shape index (κ2) is 6.07. The highest BCUT2D eigenvalue weighted by atomic mass is 32.2. The van der Waals surface area contributed by atoms with E-state index in [1.54, 1.807) is 18.0 Å². The number of hydrogen-bond donors (Lipinski definition) is 1. The summed E-state index contributed by atoms with van der Waals surface area (Å²) in [7, 11) is 0. The van der Waals surface area contributed by atoms with Gasteiger partial charge in [0.15, 0.2) is 0 Å². The highest BCUT2D eigenvalue weighted by molar-refractivity contribution is 7.98. The second-order valence-corrected chi connectivity index (χ2v) is 5.14. The molecular weight excluding hydrogens is 244 g/mol. The van der Waals surface area contributed by atoms with Gasteiger partial charge in [-0.3, -0.25) is 0 Å². The summed E-state index contributed by atoms with van der Waals surface area (Å²) in [5.74, 6) is 1.59. The van der Waals surface area contributed by atoms with E-state index in [1.807, 2.05) is 6.92 Å². The van der Waals surface area contributed by atoms with Crippen molar-refractivity contribution in [2.45, 2.75) is 31.3 Å². The van der Waals surface area contributed by atoms with E-state index in [4.69, 9.17) is 4.42 Å². The van der Waals surface area contributed by atoms with Crippen molar-refractivity contribution < 1.29 is 4.42 Å². The van der Waals surface area contributed by atoms with Crippen LogP contribution in [0.25, 0.3) is 0 Å². The molecule has 1 heterocycles. The van der Waals surface area contributed by atoms with E-state index in [2.05, 4.69) is 47.7 Å². The van der Waals surface area contributed by atoms with E-state index in [0.29, 0.717) is 0 Å². The van der Waals surface area contributed by atoms with Crippen molar-refractivity contribution in [3.05, 3.63) is 47.7 Å². The summed E-state index contributed by atoms with van der Waals surface area (Å²) in [6, 6.07) is 8.70.